The third-order valence-electron chi connectivity index (χ3n) is 5.12. The summed E-state index contributed by atoms with van der Waals surface area (Å²) >= 11 is 5.53. The number of aromatic nitrogens is 1. The van der Waals surface area contributed by atoms with Crippen molar-refractivity contribution < 1.29 is 22.7 Å². The van der Waals surface area contributed by atoms with E-state index in [-0.39, 0.29) is 34.4 Å². The van der Waals surface area contributed by atoms with E-state index in [1.54, 1.807) is 4.57 Å². The first-order valence-corrected chi connectivity index (χ1v) is 11.5. The summed E-state index contributed by atoms with van der Waals surface area (Å²) in [4.78, 5) is 25.0. The van der Waals surface area contributed by atoms with Gasteiger partial charge in [-0.3, -0.25) is 4.79 Å². The number of carboxylic acids is 1. The van der Waals surface area contributed by atoms with Crippen LogP contribution in [0, 0.1) is 5.82 Å². The summed E-state index contributed by atoms with van der Waals surface area (Å²) < 4.78 is 42.5. The molecule has 0 saturated heterocycles. The van der Waals surface area contributed by atoms with E-state index in [2.05, 4.69) is 4.72 Å². The second kappa shape index (κ2) is 8.07. The van der Waals surface area contributed by atoms with E-state index in [1.165, 1.54) is 36.4 Å². The minimum Gasteiger partial charge on any atom is -0.477 e. The average molecular weight is 465 g/mol. The minimum atomic E-state index is -3.77. The van der Waals surface area contributed by atoms with Crippen LogP contribution in [0.1, 0.15) is 29.2 Å². The van der Waals surface area contributed by atoms with Gasteiger partial charge < -0.3 is 9.67 Å². The number of fused-ring (bicyclic) bond motifs is 1. The second-order valence-electron chi connectivity index (χ2n) is 7.23. The highest BCUT2D eigenvalue weighted by molar-refractivity contribution is 7.89. The van der Waals surface area contributed by atoms with Crippen molar-refractivity contribution in [2.75, 3.05) is 12.4 Å². The zero-order chi connectivity index (χ0) is 22.3. The molecule has 31 heavy (non-hydrogen) atoms. The number of sulfonamides is 1. The standard InChI is InChI=1S/C21H18ClFN2O5S/c22-9-10-24-31(29,30)15-6-1-12(2-7-15)19-18(21(27)28)20(26)16-11-13(23)3-8-17(16)25(19)14-4-5-14/h1-3,6-8,11,14,24H,4-5,9-10H2,(H,27,28). The summed E-state index contributed by atoms with van der Waals surface area (Å²) in [6.45, 7) is 0.0667. The van der Waals surface area contributed by atoms with Gasteiger partial charge in [0.25, 0.3) is 0 Å². The fraction of sp³-hybridized carbons (Fsp3) is 0.238. The second-order valence-corrected chi connectivity index (χ2v) is 9.38. The van der Waals surface area contributed by atoms with Crippen molar-refractivity contribution in [1.82, 2.24) is 9.29 Å². The zero-order valence-corrected chi connectivity index (χ0v) is 17.7. The predicted octanol–water partition coefficient (Wildman–Crippen LogP) is 3.36. The summed E-state index contributed by atoms with van der Waals surface area (Å²) in [6, 6.07) is 9.32. The van der Waals surface area contributed by atoms with Crippen LogP contribution in [-0.2, 0) is 10.0 Å². The number of pyridine rings is 1. The van der Waals surface area contributed by atoms with Crippen molar-refractivity contribution in [2.45, 2.75) is 23.8 Å². The van der Waals surface area contributed by atoms with Gasteiger partial charge in [0, 0.05) is 23.9 Å². The van der Waals surface area contributed by atoms with Gasteiger partial charge in [0.2, 0.25) is 15.5 Å². The van der Waals surface area contributed by atoms with Gasteiger partial charge in [0.1, 0.15) is 11.4 Å². The van der Waals surface area contributed by atoms with Crippen molar-refractivity contribution in [3.8, 4) is 11.3 Å². The van der Waals surface area contributed by atoms with E-state index < -0.39 is 32.8 Å². The molecule has 0 bridgehead atoms. The fourth-order valence-electron chi connectivity index (χ4n) is 3.63. The highest BCUT2D eigenvalue weighted by atomic mass is 35.5. The van der Waals surface area contributed by atoms with Crippen LogP contribution in [0.4, 0.5) is 4.39 Å². The van der Waals surface area contributed by atoms with Crippen molar-refractivity contribution >= 4 is 38.5 Å². The van der Waals surface area contributed by atoms with Gasteiger partial charge in [-0.15, -0.1) is 11.6 Å². The number of hydrogen-bond acceptors (Lipinski definition) is 4. The van der Waals surface area contributed by atoms with Crippen molar-refractivity contribution in [1.29, 1.82) is 0 Å². The molecule has 162 valence electrons. The van der Waals surface area contributed by atoms with Crippen LogP contribution in [0.5, 0.6) is 0 Å². The summed E-state index contributed by atoms with van der Waals surface area (Å²) in [5, 5.41) is 9.82. The van der Waals surface area contributed by atoms with E-state index in [0.717, 1.165) is 18.9 Å². The van der Waals surface area contributed by atoms with Gasteiger partial charge >= 0.3 is 5.97 Å². The maximum atomic E-state index is 13.8. The Morgan fingerprint density at radius 1 is 1.19 bits per heavy atom. The molecule has 0 amide bonds. The Morgan fingerprint density at radius 2 is 1.87 bits per heavy atom. The minimum absolute atomic E-state index is 0.00229. The molecule has 0 spiro atoms. The number of aromatic carboxylic acids is 1. The quantitative estimate of drug-likeness (QED) is 0.521. The first-order chi connectivity index (χ1) is 14.7. The molecule has 0 aliphatic heterocycles. The number of carboxylic acid groups (broad SMARTS) is 1. The Balaban J connectivity index is 1.96. The molecule has 0 unspecified atom stereocenters. The van der Waals surface area contributed by atoms with E-state index in [9.17, 15) is 27.5 Å². The number of benzene rings is 2. The molecule has 1 fully saturated rings. The Hall–Kier alpha value is -2.75. The van der Waals surface area contributed by atoms with Crippen LogP contribution in [0.3, 0.4) is 0 Å². The topological polar surface area (TPSA) is 105 Å². The van der Waals surface area contributed by atoms with Gasteiger partial charge in [-0.1, -0.05) is 12.1 Å². The SMILES string of the molecule is O=C(O)c1c(-c2ccc(S(=O)(=O)NCCCl)cc2)n(C2CC2)c2ccc(F)cc2c1=O. The summed E-state index contributed by atoms with van der Waals surface area (Å²) in [6.07, 6.45) is 1.58. The molecule has 7 nitrogen and oxygen atoms in total. The van der Waals surface area contributed by atoms with Crippen molar-refractivity contribution in [2.24, 2.45) is 0 Å². The molecule has 2 aromatic carbocycles. The molecule has 2 N–H and O–H groups in total. The van der Waals surface area contributed by atoms with E-state index in [1.807, 2.05) is 0 Å². The molecule has 10 heteroatoms. The number of carbonyl (C=O) groups is 1. The van der Waals surface area contributed by atoms with Crippen LogP contribution in [0.2, 0.25) is 0 Å². The third-order valence-corrected chi connectivity index (χ3v) is 6.78. The highest BCUT2D eigenvalue weighted by Crippen LogP contribution is 2.41. The zero-order valence-electron chi connectivity index (χ0n) is 16.1. The molecular weight excluding hydrogens is 447 g/mol. The highest BCUT2D eigenvalue weighted by Gasteiger charge is 2.32. The lowest BCUT2D eigenvalue weighted by Crippen LogP contribution is -2.25. The maximum absolute atomic E-state index is 13.8. The normalized spacial score (nSPS) is 14.1. The smallest absolute Gasteiger partial charge is 0.341 e. The Labute approximate surface area is 182 Å². The van der Waals surface area contributed by atoms with Gasteiger partial charge in [-0.2, -0.15) is 0 Å². The average Bonchev–Trinajstić information content (AvgIpc) is 3.57. The van der Waals surface area contributed by atoms with Crippen molar-refractivity contribution in [3.05, 3.63) is 64.1 Å². The molecule has 0 radical (unpaired) electrons. The molecule has 0 atom stereocenters. The lowest BCUT2D eigenvalue weighted by Gasteiger charge is -2.19. The summed E-state index contributed by atoms with van der Waals surface area (Å²) in [5.74, 6) is -1.94. The first-order valence-electron chi connectivity index (χ1n) is 9.51. The molecule has 1 aromatic heterocycles. The maximum Gasteiger partial charge on any atom is 0.341 e. The Morgan fingerprint density at radius 3 is 2.45 bits per heavy atom. The molecular formula is C21H18ClFN2O5S. The summed E-state index contributed by atoms with van der Waals surface area (Å²) in [7, 11) is -3.77. The van der Waals surface area contributed by atoms with Gasteiger partial charge in [0.05, 0.1) is 16.1 Å². The van der Waals surface area contributed by atoms with E-state index >= 15 is 0 Å². The van der Waals surface area contributed by atoms with Crippen LogP contribution in [-0.4, -0.2) is 36.5 Å². The fourth-order valence-corrected chi connectivity index (χ4v) is 4.86. The number of hydrogen-bond donors (Lipinski definition) is 2. The van der Waals surface area contributed by atoms with Crippen LogP contribution >= 0.6 is 11.6 Å². The lowest BCUT2D eigenvalue weighted by molar-refractivity contribution is 0.0696. The van der Waals surface area contributed by atoms with E-state index in [0.29, 0.717) is 11.1 Å². The molecule has 1 heterocycles. The number of rotatable bonds is 7. The monoisotopic (exact) mass is 464 g/mol. The molecule has 1 aliphatic rings. The number of alkyl halides is 1. The molecule has 4 rings (SSSR count). The molecule has 1 aliphatic carbocycles. The Kier molecular flexibility index (Phi) is 5.59. The lowest BCUT2D eigenvalue weighted by atomic mass is 10.0. The van der Waals surface area contributed by atoms with Crippen molar-refractivity contribution in [3.63, 3.8) is 0 Å². The van der Waals surface area contributed by atoms with Gasteiger partial charge in [-0.05, 0) is 48.7 Å². The van der Waals surface area contributed by atoms with Crippen LogP contribution in [0.25, 0.3) is 22.2 Å². The van der Waals surface area contributed by atoms with Gasteiger partial charge in [0.15, 0.2) is 0 Å². The van der Waals surface area contributed by atoms with Crippen LogP contribution in [0.15, 0.2) is 52.2 Å². The molecule has 1 saturated carbocycles. The Bertz CT molecular complexity index is 1350. The van der Waals surface area contributed by atoms with Crippen LogP contribution < -0.4 is 10.2 Å². The van der Waals surface area contributed by atoms with E-state index in [4.69, 9.17) is 11.6 Å². The number of nitrogens with one attached hydrogen (secondary N) is 1. The number of halogens is 2. The molecule has 3 aromatic rings. The first kappa shape index (κ1) is 21.5. The summed E-state index contributed by atoms with van der Waals surface area (Å²) in [5.41, 5.74) is -0.259. The van der Waals surface area contributed by atoms with Gasteiger partial charge in [-0.25, -0.2) is 22.3 Å². The number of nitrogens with zero attached hydrogens (tertiary/aromatic N) is 1. The largest absolute Gasteiger partial charge is 0.477 e. The predicted molar refractivity (Wildman–Crippen MR) is 115 cm³/mol. The third kappa shape index (κ3) is 3.96.